The molecule has 1 saturated heterocycles. The van der Waals surface area contributed by atoms with E-state index >= 15 is 0 Å². The molecule has 0 spiro atoms. The summed E-state index contributed by atoms with van der Waals surface area (Å²) in [6.45, 7) is 11.5. The first-order valence-corrected chi connectivity index (χ1v) is 4.81. The largest absolute Gasteiger partial charge is 0.396 e. The lowest BCUT2D eigenvalue weighted by atomic mass is 10.00. The average Bonchev–Trinajstić information content (AvgIpc) is 2.29. The van der Waals surface area contributed by atoms with Gasteiger partial charge in [0.05, 0.1) is 0 Å². The number of aliphatic hydroxyl groups is 1. The maximum absolute atomic E-state index is 9.09. The predicted octanol–water partition coefficient (Wildman–Crippen LogP) is 1.35. The first-order valence-electron chi connectivity index (χ1n) is 4.81. The van der Waals surface area contributed by atoms with Crippen molar-refractivity contribution in [3.63, 3.8) is 0 Å². The minimum Gasteiger partial charge on any atom is -0.396 e. The number of hydrogen-bond donors (Lipinski definition) is 1. The fourth-order valence-electron chi connectivity index (χ4n) is 1.82. The second kappa shape index (κ2) is 3.35. The molecule has 0 saturated carbocycles. The second-order valence-corrected chi connectivity index (χ2v) is 5.00. The molecular weight excluding hydrogens is 150 g/mol. The Kier molecular flexibility index (Phi) is 2.79. The molecule has 1 fully saturated rings. The fraction of sp³-hybridized carbons (Fsp3) is 1.00. The van der Waals surface area contributed by atoms with Crippen LogP contribution in [0.4, 0.5) is 0 Å². The van der Waals surface area contributed by atoms with Crippen LogP contribution in [-0.4, -0.2) is 35.2 Å². The van der Waals surface area contributed by atoms with Crippen molar-refractivity contribution < 1.29 is 5.11 Å². The number of rotatable bonds is 1. The van der Waals surface area contributed by atoms with Crippen molar-refractivity contribution >= 4 is 0 Å². The summed E-state index contributed by atoms with van der Waals surface area (Å²) in [5.41, 5.74) is 0.262. The lowest BCUT2D eigenvalue weighted by molar-refractivity contribution is 0.154. The maximum Gasteiger partial charge on any atom is 0.0474 e. The van der Waals surface area contributed by atoms with Gasteiger partial charge in [0.25, 0.3) is 0 Å². The fourth-order valence-corrected chi connectivity index (χ4v) is 1.82. The Morgan fingerprint density at radius 3 is 2.17 bits per heavy atom. The monoisotopic (exact) mass is 171 g/mol. The van der Waals surface area contributed by atoms with Crippen molar-refractivity contribution in [2.45, 2.75) is 33.2 Å². The van der Waals surface area contributed by atoms with Gasteiger partial charge >= 0.3 is 0 Å². The molecule has 0 amide bonds. The van der Waals surface area contributed by atoms with Gasteiger partial charge < -0.3 is 5.11 Å². The van der Waals surface area contributed by atoms with Gasteiger partial charge in [0.2, 0.25) is 0 Å². The van der Waals surface area contributed by atoms with Crippen molar-refractivity contribution in [2.24, 2.45) is 11.8 Å². The van der Waals surface area contributed by atoms with Gasteiger partial charge in [0.1, 0.15) is 0 Å². The lowest BCUT2D eigenvalue weighted by Gasteiger charge is -2.31. The molecule has 1 aliphatic heterocycles. The Labute approximate surface area is 75.6 Å². The number of likely N-dealkylation sites (tertiary alicyclic amines) is 1. The smallest absolute Gasteiger partial charge is 0.0474 e. The van der Waals surface area contributed by atoms with E-state index < -0.39 is 0 Å². The van der Waals surface area contributed by atoms with E-state index in [1.165, 1.54) is 0 Å². The van der Waals surface area contributed by atoms with E-state index in [2.05, 4.69) is 32.6 Å². The van der Waals surface area contributed by atoms with Gasteiger partial charge in [-0.15, -0.1) is 0 Å². The van der Waals surface area contributed by atoms with E-state index in [0.717, 1.165) is 13.1 Å². The Hall–Kier alpha value is -0.0800. The second-order valence-electron chi connectivity index (χ2n) is 5.00. The molecule has 0 aliphatic carbocycles. The molecule has 1 rings (SSSR count). The van der Waals surface area contributed by atoms with E-state index in [0.29, 0.717) is 18.4 Å². The molecule has 2 unspecified atom stereocenters. The van der Waals surface area contributed by atoms with E-state index in [-0.39, 0.29) is 5.54 Å². The topological polar surface area (TPSA) is 23.5 Å². The molecular formula is C10H21NO. The zero-order valence-electron chi connectivity index (χ0n) is 8.67. The van der Waals surface area contributed by atoms with Crippen molar-refractivity contribution in [3.05, 3.63) is 0 Å². The van der Waals surface area contributed by atoms with E-state index in [4.69, 9.17) is 5.11 Å². The van der Waals surface area contributed by atoms with Crippen LogP contribution in [0.3, 0.4) is 0 Å². The lowest BCUT2D eigenvalue weighted by Crippen LogP contribution is -2.39. The highest BCUT2D eigenvalue weighted by Gasteiger charge is 2.34. The predicted molar refractivity (Wildman–Crippen MR) is 51.1 cm³/mol. The standard InChI is InChI=1S/C10H21NO/c1-8-5-11(10(2,3)4)6-9(8)7-12/h8-9,12H,5-7H2,1-4H3. The summed E-state index contributed by atoms with van der Waals surface area (Å²) >= 11 is 0. The minimum absolute atomic E-state index is 0.262. The van der Waals surface area contributed by atoms with Crippen molar-refractivity contribution in [3.8, 4) is 0 Å². The third-order valence-corrected chi connectivity index (χ3v) is 2.95. The van der Waals surface area contributed by atoms with Crippen LogP contribution >= 0.6 is 0 Å². The molecule has 72 valence electrons. The molecule has 2 atom stereocenters. The molecule has 0 aromatic carbocycles. The number of nitrogens with zero attached hydrogens (tertiary/aromatic N) is 1. The van der Waals surface area contributed by atoms with Crippen molar-refractivity contribution in [1.29, 1.82) is 0 Å². The average molecular weight is 171 g/mol. The third kappa shape index (κ3) is 1.99. The van der Waals surface area contributed by atoms with E-state index in [1.807, 2.05) is 0 Å². The first-order chi connectivity index (χ1) is 5.45. The van der Waals surface area contributed by atoms with Crippen molar-refractivity contribution in [2.75, 3.05) is 19.7 Å². The molecule has 0 aromatic heterocycles. The highest BCUT2D eigenvalue weighted by atomic mass is 16.3. The maximum atomic E-state index is 9.09. The Bertz CT molecular complexity index is 150. The molecule has 2 nitrogen and oxygen atoms in total. The van der Waals surface area contributed by atoms with Crippen LogP contribution in [0.15, 0.2) is 0 Å². The van der Waals surface area contributed by atoms with Crippen LogP contribution in [0.5, 0.6) is 0 Å². The highest BCUT2D eigenvalue weighted by Crippen LogP contribution is 2.28. The normalized spacial score (nSPS) is 32.8. The molecule has 0 radical (unpaired) electrons. The summed E-state index contributed by atoms with van der Waals surface area (Å²) in [4.78, 5) is 2.46. The highest BCUT2D eigenvalue weighted by molar-refractivity contribution is 4.87. The quantitative estimate of drug-likeness (QED) is 0.643. The molecule has 1 heterocycles. The summed E-state index contributed by atoms with van der Waals surface area (Å²) in [6, 6.07) is 0. The van der Waals surface area contributed by atoms with Crippen LogP contribution in [0, 0.1) is 11.8 Å². The molecule has 1 N–H and O–H groups in total. The van der Waals surface area contributed by atoms with Crippen LogP contribution in [0.25, 0.3) is 0 Å². The van der Waals surface area contributed by atoms with Gasteiger partial charge in [-0.2, -0.15) is 0 Å². The van der Waals surface area contributed by atoms with Crippen LogP contribution in [0.2, 0.25) is 0 Å². The number of hydrogen-bond acceptors (Lipinski definition) is 2. The summed E-state index contributed by atoms with van der Waals surface area (Å²) in [7, 11) is 0. The van der Waals surface area contributed by atoms with E-state index in [9.17, 15) is 0 Å². The SMILES string of the molecule is CC1CN(C(C)(C)C)CC1CO. The Morgan fingerprint density at radius 1 is 1.33 bits per heavy atom. The van der Waals surface area contributed by atoms with Gasteiger partial charge in [0, 0.05) is 25.2 Å². The van der Waals surface area contributed by atoms with Crippen LogP contribution < -0.4 is 0 Å². The molecule has 12 heavy (non-hydrogen) atoms. The molecule has 0 aromatic rings. The van der Waals surface area contributed by atoms with Crippen LogP contribution in [0.1, 0.15) is 27.7 Å². The summed E-state index contributed by atoms with van der Waals surface area (Å²) in [5.74, 6) is 1.14. The Morgan fingerprint density at radius 2 is 1.92 bits per heavy atom. The minimum atomic E-state index is 0.262. The zero-order valence-corrected chi connectivity index (χ0v) is 8.67. The van der Waals surface area contributed by atoms with Gasteiger partial charge in [-0.3, -0.25) is 4.90 Å². The summed E-state index contributed by atoms with van der Waals surface area (Å²) < 4.78 is 0. The first kappa shape index (κ1) is 10.0. The van der Waals surface area contributed by atoms with Gasteiger partial charge in [-0.05, 0) is 32.6 Å². The zero-order chi connectivity index (χ0) is 9.35. The van der Waals surface area contributed by atoms with Gasteiger partial charge in [0.15, 0.2) is 0 Å². The third-order valence-electron chi connectivity index (χ3n) is 2.95. The van der Waals surface area contributed by atoms with Crippen LogP contribution in [-0.2, 0) is 0 Å². The van der Waals surface area contributed by atoms with Gasteiger partial charge in [-0.25, -0.2) is 0 Å². The number of aliphatic hydroxyl groups excluding tert-OH is 1. The molecule has 1 aliphatic rings. The summed E-state index contributed by atoms with van der Waals surface area (Å²) in [6.07, 6.45) is 0. The molecule has 0 bridgehead atoms. The Balaban J connectivity index is 2.54. The van der Waals surface area contributed by atoms with E-state index in [1.54, 1.807) is 0 Å². The summed E-state index contributed by atoms with van der Waals surface area (Å²) in [5, 5.41) is 9.09. The van der Waals surface area contributed by atoms with Crippen molar-refractivity contribution in [1.82, 2.24) is 4.90 Å². The molecule has 2 heteroatoms. The van der Waals surface area contributed by atoms with Gasteiger partial charge in [-0.1, -0.05) is 6.92 Å².